The van der Waals surface area contributed by atoms with Gasteiger partial charge in [0, 0.05) is 21.9 Å². The maximum Gasteiger partial charge on any atom is 0.179 e. The van der Waals surface area contributed by atoms with Gasteiger partial charge in [-0.3, -0.25) is 0 Å². The molecule has 1 aromatic heterocycles. The molecule has 0 radical (unpaired) electrons. The molecule has 0 saturated heterocycles. The third-order valence-corrected chi connectivity index (χ3v) is 16.5. The van der Waals surface area contributed by atoms with E-state index >= 15 is 0 Å². The van der Waals surface area contributed by atoms with Gasteiger partial charge in [0.2, 0.25) is 0 Å². The highest BCUT2D eigenvalue weighted by molar-refractivity contribution is 7.20. The van der Waals surface area contributed by atoms with Gasteiger partial charge in [-0.15, -0.1) is 0 Å². The van der Waals surface area contributed by atoms with Gasteiger partial charge < -0.3 is 4.57 Å². The van der Waals surface area contributed by atoms with Gasteiger partial charge in [0.15, 0.2) is 8.07 Å². The van der Waals surface area contributed by atoms with E-state index in [9.17, 15) is 0 Å². The first-order valence-corrected chi connectivity index (χ1v) is 20.6. The van der Waals surface area contributed by atoms with Crippen molar-refractivity contribution in [3.05, 3.63) is 211 Å². The molecular weight excluding hydrogens is 655 g/mol. The molecule has 1 heterocycles. The Morgan fingerprint density at radius 1 is 0.377 bits per heavy atom. The maximum atomic E-state index is 2.51. The number of para-hydroxylation sites is 2. The Kier molecular flexibility index (Phi) is 7.25. The minimum atomic E-state index is -2.79. The molecule has 10 rings (SSSR count). The van der Waals surface area contributed by atoms with Crippen molar-refractivity contribution in [1.29, 1.82) is 0 Å². The molecule has 1 aliphatic carbocycles. The molecular formula is C51H39NSi. The summed E-state index contributed by atoms with van der Waals surface area (Å²) in [7, 11) is -2.79. The standard InChI is InChI=1S/C51H39NSi/c1-51(2)47-24-14-12-22-43(47)44-32-28-37(34-48(44)51)36-26-29-41(30-27-36)53(39-18-8-4-9-19-39,40-20-10-5-11-21-40)42-31-33-50-46(35-42)45-23-13-15-25-49(45)52(50)38-16-6-3-7-17-38/h3-35H,1-2H3. The topological polar surface area (TPSA) is 4.93 Å². The van der Waals surface area contributed by atoms with E-state index in [-0.39, 0.29) is 5.41 Å². The van der Waals surface area contributed by atoms with Crippen molar-refractivity contribution in [3.8, 4) is 27.9 Å². The Labute approximate surface area is 312 Å². The lowest BCUT2D eigenvalue weighted by molar-refractivity contribution is 0.660. The molecule has 9 aromatic rings. The predicted molar refractivity (Wildman–Crippen MR) is 227 cm³/mol. The van der Waals surface area contributed by atoms with Gasteiger partial charge in [-0.05, 0) is 84.5 Å². The number of nitrogens with zero attached hydrogens (tertiary/aromatic N) is 1. The van der Waals surface area contributed by atoms with Crippen LogP contribution in [-0.4, -0.2) is 12.6 Å². The quantitative estimate of drug-likeness (QED) is 0.121. The highest BCUT2D eigenvalue weighted by Gasteiger charge is 2.42. The van der Waals surface area contributed by atoms with Crippen molar-refractivity contribution in [2.24, 2.45) is 0 Å². The molecule has 1 aliphatic rings. The van der Waals surface area contributed by atoms with Crippen molar-refractivity contribution in [3.63, 3.8) is 0 Å². The second-order valence-electron chi connectivity index (χ2n) is 14.9. The van der Waals surface area contributed by atoms with Gasteiger partial charge in [0.05, 0.1) is 11.0 Å². The highest BCUT2D eigenvalue weighted by atomic mass is 28.3. The van der Waals surface area contributed by atoms with Crippen LogP contribution >= 0.6 is 0 Å². The van der Waals surface area contributed by atoms with E-state index in [1.807, 2.05) is 0 Å². The average molecular weight is 694 g/mol. The lowest BCUT2D eigenvalue weighted by Crippen LogP contribution is -2.74. The second-order valence-corrected chi connectivity index (χ2v) is 18.7. The Morgan fingerprint density at radius 3 is 1.62 bits per heavy atom. The Hall–Kier alpha value is -6.22. The molecule has 0 unspecified atom stereocenters. The first kappa shape index (κ1) is 31.5. The first-order chi connectivity index (χ1) is 26.0. The molecule has 1 nitrogen and oxygen atoms in total. The molecule has 8 aromatic carbocycles. The molecule has 2 heteroatoms. The molecule has 252 valence electrons. The fourth-order valence-corrected chi connectivity index (χ4v) is 14.0. The summed E-state index contributed by atoms with van der Waals surface area (Å²) in [6.45, 7) is 4.72. The van der Waals surface area contributed by atoms with Crippen LogP contribution in [0.1, 0.15) is 25.0 Å². The second kappa shape index (κ2) is 12.2. The number of hydrogen-bond acceptors (Lipinski definition) is 0. The van der Waals surface area contributed by atoms with Gasteiger partial charge in [0.25, 0.3) is 0 Å². The molecule has 0 spiro atoms. The minimum absolute atomic E-state index is 0.0349. The van der Waals surface area contributed by atoms with Crippen LogP contribution in [0.2, 0.25) is 0 Å². The van der Waals surface area contributed by atoms with Crippen LogP contribution in [0.3, 0.4) is 0 Å². The van der Waals surface area contributed by atoms with E-state index in [0.29, 0.717) is 0 Å². The van der Waals surface area contributed by atoms with Crippen LogP contribution in [-0.2, 0) is 5.41 Å². The number of rotatable bonds is 6. The fourth-order valence-electron chi connectivity index (χ4n) is 9.23. The summed E-state index contributed by atoms with van der Waals surface area (Å²) in [6.07, 6.45) is 0. The third-order valence-electron chi connectivity index (χ3n) is 11.8. The molecule has 0 amide bonds. The van der Waals surface area contributed by atoms with Gasteiger partial charge in [-0.25, -0.2) is 0 Å². The van der Waals surface area contributed by atoms with E-state index < -0.39 is 8.07 Å². The zero-order valence-corrected chi connectivity index (χ0v) is 31.0. The van der Waals surface area contributed by atoms with Crippen LogP contribution in [0, 0.1) is 0 Å². The molecule has 0 saturated carbocycles. The number of aromatic nitrogens is 1. The molecule has 0 fully saturated rings. The smallest absolute Gasteiger partial charge is 0.179 e. The summed E-state index contributed by atoms with van der Waals surface area (Å²) in [6, 6.07) is 74.9. The normalized spacial score (nSPS) is 13.2. The van der Waals surface area contributed by atoms with Gasteiger partial charge >= 0.3 is 0 Å². The largest absolute Gasteiger partial charge is 0.309 e. The van der Waals surface area contributed by atoms with Crippen molar-refractivity contribution < 1.29 is 0 Å². The van der Waals surface area contributed by atoms with E-state index in [2.05, 4.69) is 219 Å². The molecule has 0 N–H and O–H groups in total. The number of hydrogen-bond donors (Lipinski definition) is 0. The lowest BCUT2D eigenvalue weighted by Gasteiger charge is -2.34. The Morgan fingerprint density at radius 2 is 0.906 bits per heavy atom. The summed E-state index contributed by atoms with van der Waals surface area (Å²) >= 11 is 0. The zero-order valence-electron chi connectivity index (χ0n) is 30.0. The Balaban J connectivity index is 1.18. The van der Waals surface area contributed by atoms with Crippen molar-refractivity contribution in [2.45, 2.75) is 19.3 Å². The average Bonchev–Trinajstić information content (AvgIpc) is 3.67. The number of benzene rings is 8. The number of fused-ring (bicyclic) bond motifs is 6. The minimum Gasteiger partial charge on any atom is -0.309 e. The monoisotopic (exact) mass is 693 g/mol. The van der Waals surface area contributed by atoms with Crippen LogP contribution in [0.15, 0.2) is 200 Å². The van der Waals surface area contributed by atoms with Gasteiger partial charge in [0.1, 0.15) is 0 Å². The predicted octanol–water partition coefficient (Wildman–Crippen LogP) is 10.1. The van der Waals surface area contributed by atoms with Crippen LogP contribution in [0.25, 0.3) is 49.7 Å². The van der Waals surface area contributed by atoms with E-state index in [4.69, 9.17) is 0 Å². The van der Waals surface area contributed by atoms with Crippen LogP contribution < -0.4 is 20.7 Å². The summed E-state index contributed by atoms with van der Waals surface area (Å²) in [5.74, 6) is 0. The third kappa shape index (κ3) is 4.76. The molecule has 53 heavy (non-hydrogen) atoms. The fraction of sp³-hybridized carbons (Fsp3) is 0.0588. The summed E-state index contributed by atoms with van der Waals surface area (Å²) in [4.78, 5) is 0. The Bertz CT molecular complexity index is 2740. The van der Waals surface area contributed by atoms with E-state index in [1.165, 1.54) is 81.6 Å². The molecule has 0 aliphatic heterocycles. The highest BCUT2D eigenvalue weighted by Crippen LogP contribution is 2.49. The van der Waals surface area contributed by atoms with Crippen molar-refractivity contribution >= 4 is 50.6 Å². The summed E-state index contributed by atoms with van der Waals surface area (Å²) in [5.41, 5.74) is 11.6. The zero-order chi connectivity index (χ0) is 35.6. The molecule has 0 bridgehead atoms. The van der Waals surface area contributed by atoms with Gasteiger partial charge in [-0.1, -0.05) is 184 Å². The maximum absolute atomic E-state index is 2.79. The van der Waals surface area contributed by atoms with Crippen LogP contribution in [0.4, 0.5) is 0 Å². The first-order valence-electron chi connectivity index (χ1n) is 18.6. The lowest BCUT2D eigenvalue weighted by atomic mass is 9.81. The summed E-state index contributed by atoms with van der Waals surface area (Å²) in [5, 5.41) is 8.06. The van der Waals surface area contributed by atoms with E-state index in [0.717, 1.165) is 0 Å². The molecule has 0 atom stereocenters. The van der Waals surface area contributed by atoms with Crippen LogP contribution in [0.5, 0.6) is 0 Å². The van der Waals surface area contributed by atoms with Crippen molar-refractivity contribution in [2.75, 3.05) is 0 Å². The van der Waals surface area contributed by atoms with Gasteiger partial charge in [-0.2, -0.15) is 0 Å². The SMILES string of the molecule is CC1(C)c2ccccc2-c2ccc(-c3ccc([Si](c4ccccc4)(c4ccccc4)c4ccc5c(c4)c4ccccc4n5-c4ccccc4)cc3)cc21. The van der Waals surface area contributed by atoms with E-state index in [1.54, 1.807) is 0 Å². The van der Waals surface area contributed by atoms with Crippen molar-refractivity contribution in [1.82, 2.24) is 4.57 Å². The summed E-state index contributed by atoms with van der Waals surface area (Å²) < 4.78 is 2.41.